The number of carbonyl (C=O) groups excluding carboxylic acids is 1. The third kappa shape index (κ3) is 5.75. The second kappa shape index (κ2) is 11.0. The van der Waals surface area contributed by atoms with Crippen LogP contribution in [0.1, 0.15) is 27.2 Å². The fourth-order valence-corrected chi connectivity index (χ4v) is 4.34. The Morgan fingerprint density at radius 1 is 1.03 bits per heavy atom. The number of carboxylic acid groups (broad SMARTS) is 1. The third-order valence-corrected chi connectivity index (χ3v) is 6.19. The SMILES string of the molecule is N#Cc1ccc(F)c(CNC(=O)c2nn(-c3ccc(Cl)cc3Cl)c(-c3ccc(Cl)cc3)c2CC(=O)O)c1. The van der Waals surface area contributed by atoms with Gasteiger partial charge in [0, 0.05) is 33.3 Å². The molecule has 0 saturated heterocycles. The number of nitrogens with one attached hydrogen (secondary N) is 1. The zero-order valence-electron chi connectivity index (χ0n) is 18.8. The molecule has 0 unspecified atom stereocenters. The lowest BCUT2D eigenvalue weighted by Gasteiger charge is -2.11. The van der Waals surface area contributed by atoms with E-state index in [1.165, 1.54) is 22.9 Å². The molecule has 1 amide bonds. The van der Waals surface area contributed by atoms with Crippen molar-refractivity contribution < 1.29 is 19.1 Å². The highest BCUT2D eigenvalue weighted by Crippen LogP contribution is 2.34. The summed E-state index contributed by atoms with van der Waals surface area (Å²) >= 11 is 18.5. The van der Waals surface area contributed by atoms with Crippen molar-refractivity contribution in [1.29, 1.82) is 5.26 Å². The molecule has 0 saturated carbocycles. The molecule has 4 aromatic rings. The molecule has 1 heterocycles. The summed E-state index contributed by atoms with van der Waals surface area (Å²) in [5.41, 5.74) is 1.44. The highest BCUT2D eigenvalue weighted by Gasteiger charge is 2.27. The molecule has 7 nitrogen and oxygen atoms in total. The van der Waals surface area contributed by atoms with Gasteiger partial charge in [0.25, 0.3) is 5.91 Å². The maximum atomic E-state index is 14.2. The predicted molar refractivity (Wildman–Crippen MR) is 138 cm³/mol. The predicted octanol–water partition coefficient (Wildman–Crippen LogP) is 6.07. The highest BCUT2D eigenvalue weighted by atomic mass is 35.5. The summed E-state index contributed by atoms with van der Waals surface area (Å²) in [5, 5.41) is 26.8. The topological polar surface area (TPSA) is 108 Å². The van der Waals surface area contributed by atoms with Gasteiger partial charge in [0.1, 0.15) is 5.82 Å². The minimum atomic E-state index is -1.20. The first-order chi connectivity index (χ1) is 17.7. The number of aliphatic carboxylic acids is 1. The van der Waals surface area contributed by atoms with Gasteiger partial charge in [0.2, 0.25) is 0 Å². The van der Waals surface area contributed by atoms with Crippen molar-refractivity contribution in [2.45, 2.75) is 13.0 Å². The molecule has 0 atom stereocenters. The van der Waals surface area contributed by atoms with Gasteiger partial charge in [-0.1, -0.05) is 46.9 Å². The van der Waals surface area contributed by atoms with Crippen LogP contribution in [0.5, 0.6) is 0 Å². The number of amides is 1. The van der Waals surface area contributed by atoms with Gasteiger partial charge in [-0.3, -0.25) is 9.59 Å². The van der Waals surface area contributed by atoms with Gasteiger partial charge < -0.3 is 10.4 Å². The molecule has 0 bridgehead atoms. The fraction of sp³-hybridized carbons (Fsp3) is 0.0769. The molecule has 0 aliphatic rings. The first-order valence-electron chi connectivity index (χ1n) is 10.7. The van der Waals surface area contributed by atoms with E-state index in [9.17, 15) is 19.1 Å². The first-order valence-corrected chi connectivity index (χ1v) is 11.8. The van der Waals surface area contributed by atoms with Crippen molar-refractivity contribution >= 4 is 46.7 Å². The molecule has 0 aliphatic carbocycles. The summed E-state index contributed by atoms with van der Waals surface area (Å²) in [6.45, 7) is -0.252. The normalized spacial score (nSPS) is 10.7. The number of rotatable bonds is 7. The number of carbonyl (C=O) groups is 2. The van der Waals surface area contributed by atoms with Crippen molar-refractivity contribution in [1.82, 2.24) is 15.1 Å². The van der Waals surface area contributed by atoms with Gasteiger partial charge in [-0.05, 0) is 48.5 Å². The lowest BCUT2D eigenvalue weighted by molar-refractivity contribution is -0.136. The minimum absolute atomic E-state index is 0.0882. The van der Waals surface area contributed by atoms with Gasteiger partial charge in [-0.2, -0.15) is 10.4 Å². The first kappa shape index (κ1) is 26.2. The summed E-state index contributed by atoms with van der Waals surface area (Å²) in [4.78, 5) is 25.1. The quantitative estimate of drug-likeness (QED) is 0.287. The van der Waals surface area contributed by atoms with Gasteiger partial charge in [-0.15, -0.1) is 0 Å². The van der Waals surface area contributed by atoms with E-state index < -0.39 is 24.1 Å². The van der Waals surface area contributed by atoms with Crippen LogP contribution in [0.15, 0.2) is 60.7 Å². The van der Waals surface area contributed by atoms with Crippen molar-refractivity contribution in [3.8, 4) is 23.0 Å². The molecule has 37 heavy (non-hydrogen) atoms. The number of aromatic nitrogens is 2. The average molecular weight is 558 g/mol. The summed E-state index contributed by atoms with van der Waals surface area (Å²) in [6, 6.07) is 16.9. The van der Waals surface area contributed by atoms with Crippen molar-refractivity contribution in [3.05, 3.63) is 104 Å². The van der Waals surface area contributed by atoms with Gasteiger partial charge in [0.15, 0.2) is 5.69 Å². The van der Waals surface area contributed by atoms with Crippen LogP contribution < -0.4 is 5.32 Å². The van der Waals surface area contributed by atoms with Crippen LogP contribution in [0, 0.1) is 17.1 Å². The van der Waals surface area contributed by atoms with E-state index in [1.54, 1.807) is 36.4 Å². The summed E-state index contributed by atoms with van der Waals surface area (Å²) in [7, 11) is 0. The Morgan fingerprint density at radius 3 is 2.38 bits per heavy atom. The lowest BCUT2D eigenvalue weighted by atomic mass is 10.0. The molecular formula is C26H16Cl3FN4O3. The number of hydrogen-bond acceptors (Lipinski definition) is 4. The second-order valence-electron chi connectivity index (χ2n) is 7.86. The van der Waals surface area contributed by atoms with E-state index in [-0.39, 0.29) is 34.0 Å². The van der Waals surface area contributed by atoms with Crippen LogP contribution >= 0.6 is 34.8 Å². The Balaban J connectivity index is 1.85. The van der Waals surface area contributed by atoms with Crippen molar-refractivity contribution in [2.75, 3.05) is 0 Å². The maximum absolute atomic E-state index is 14.2. The summed E-state index contributed by atoms with van der Waals surface area (Å²) < 4.78 is 15.6. The molecule has 3 aromatic carbocycles. The van der Waals surface area contributed by atoms with Crippen LogP contribution in [-0.4, -0.2) is 26.8 Å². The molecule has 0 fully saturated rings. The van der Waals surface area contributed by atoms with Crippen molar-refractivity contribution in [3.63, 3.8) is 0 Å². The van der Waals surface area contributed by atoms with E-state index in [0.29, 0.717) is 27.0 Å². The van der Waals surface area contributed by atoms with Gasteiger partial charge in [-0.25, -0.2) is 9.07 Å². The van der Waals surface area contributed by atoms with E-state index in [0.717, 1.165) is 6.07 Å². The standard InChI is InChI=1S/C26H16Cl3FN4O3/c27-17-4-2-15(3-5-17)25-19(11-23(35)36)24(33-34(25)22-8-6-18(28)10-20(22)29)26(37)32-13-16-9-14(12-31)1-7-21(16)30/h1-10H,11,13H2,(H,32,37)(H,35,36). The molecule has 0 aliphatic heterocycles. The Morgan fingerprint density at radius 2 is 1.73 bits per heavy atom. The molecule has 0 spiro atoms. The van der Waals surface area contributed by atoms with Crippen LogP contribution in [0.25, 0.3) is 16.9 Å². The monoisotopic (exact) mass is 556 g/mol. The molecule has 2 N–H and O–H groups in total. The number of benzene rings is 3. The molecule has 4 rings (SSSR count). The molecular weight excluding hydrogens is 542 g/mol. The van der Waals surface area contributed by atoms with E-state index in [2.05, 4.69) is 10.4 Å². The number of nitriles is 1. The highest BCUT2D eigenvalue weighted by molar-refractivity contribution is 6.35. The Labute approximate surface area is 225 Å². The maximum Gasteiger partial charge on any atom is 0.307 e. The largest absolute Gasteiger partial charge is 0.481 e. The smallest absolute Gasteiger partial charge is 0.307 e. The van der Waals surface area contributed by atoms with E-state index in [4.69, 9.17) is 40.1 Å². The minimum Gasteiger partial charge on any atom is -0.481 e. The molecule has 186 valence electrons. The van der Waals surface area contributed by atoms with Crippen LogP contribution in [0.2, 0.25) is 15.1 Å². The van der Waals surface area contributed by atoms with Crippen molar-refractivity contribution in [2.24, 2.45) is 0 Å². The number of carboxylic acids is 1. The molecule has 11 heteroatoms. The van der Waals surface area contributed by atoms with Gasteiger partial charge >= 0.3 is 5.97 Å². The van der Waals surface area contributed by atoms with E-state index in [1.807, 2.05) is 6.07 Å². The Bertz CT molecular complexity index is 1560. The molecule has 1 aromatic heterocycles. The zero-order valence-corrected chi connectivity index (χ0v) is 21.1. The second-order valence-corrected chi connectivity index (χ2v) is 9.14. The third-order valence-electron chi connectivity index (χ3n) is 5.40. The summed E-state index contributed by atoms with van der Waals surface area (Å²) in [6.07, 6.45) is -0.537. The average Bonchev–Trinajstić information content (AvgIpc) is 3.22. The lowest BCUT2D eigenvalue weighted by Crippen LogP contribution is -2.25. The zero-order chi connectivity index (χ0) is 26.7. The van der Waals surface area contributed by atoms with Crippen LogP contribution in [0.3, 0.4) is 0 Å². The summed E-state index contributed by atoms with van der Waals surface area (Å²) in [5.74, 6) is -2.54. The number of halogens is 4. The van der Waals surface area contributed by atoms with Crippen LogP contribution in [0.4, 0.5) is 4.39 Å². The van der Waals surface area contributed by atoms with Gasteiger partial charge in [0.05, 0.1) is 34.5 Å². The number of hydrogen-bond donors (Lipinski definition) is 2. The fourth-order valence-electron chi connectivity index (χ4n) is 3.72. The Kier molecular flexibility index (Phi) is 7.79. The van der Waals surface area contributed by atoms with E-state index >= 15 is 0 Å². The van der Waals surface area contributed by atoms with Crippen LogP contribution in [-0.2, 0) is 17.8 Å². The molecule has 0 radical (unpaired) electrons. The Hall–Kier alpha value is -3.90. The number of nitrogens with zero attached hydrogens (tertiary/aromatic N) is 3.